The number of esters is 2. The molecule has 0 bridgehead atoms. The molecule has 0 aromatic heterocycles. The van der Waals surface area contributed by atoms with Crippen molar-refractivity contribution >= 4 is 11.9 Å². The molecule has 0 amide bonds. The van der Waals surface area contributed by atoms with Gasteiger partial charge < -0.3 is 14.2 Å². The highest BCUT2D eigenvalue weighted by molar-refractivity contribution is 5.70. The van der Waals surface area contributed by atoms with E-state index >= 15 is 0 Å². The van der Waals surface area contributed by atoms with Gasteiger partial charge in [-0.15, -0.1) is 0 Å². The Morgan fingerprint density at radius 3 is 1.03 bits per heavy atom. The highest BCUT2D eigenvalue weighted by Gasteiger charge is 2.17. The van der Waals surface area contributed by atoms with Gasteiger partial charge in [0.05, 0.1) is 6.61 Å². The monoisotopic (exact) mass is 1020 g/mol. The SMILES string of the molecule is CC/C=C\C/C=C\C/C=C\C/C=C\C/C=C\C/C=C\CCC(=O)OCC(COCCCCCCCCC/C=C\C/C=C\C/C=C\CCCCC)OC(=O)CCCCCCCC/C=C\C/C=C\C/C=C\CCCCC. The lowest BCUT2D eigenvalue weighted by Gasteiger charge is -2.18. The van der Waals surface area contributed by atoms with Crippen LogP contribution in [0.2, 0.25) is 0 Å². The van der Waals surface area contributed by atoms with Gasteiger partial charge in [-0.25, -0.2) is 0 Å². The molecule has 5 nitrogen and oxygen atoms in total. The normalized spacial score (nSPS) is 13.3. The number of hydrogen-bond acceptors (Lipinski definition) is 5. The standard InChI is InChI=1S/C69H112O5/c1-4-7-10-13-16-19-22-25-28-31-34-37-40-43-46-49-52-55-58-61-64-72-65-67(74-69(71)63-60-57-54-51-48-45-42-39-36-33-30-27-24-21-18-15-12-9-6-3)66-73-68(70)62-59-56-53-50-47-44-41-38-35-32-29-26-23-20-17-14-11-8-5-2/h8,11,16-21,25-30,34-39,44,47,53,56,67H,4-7,9-10,12-15,22-24,31-33,40-43,45-46,48-52,54-55,57-66H2,1-3H3/b11-8-,19-16-,20-17-,21-18-,28-25-,29-26-,30-27-,37-34-,38-35-,39-36-,47-44-,56-53-. The third-order valence-electron chi connectivity index (χ3n) is 12.3. The van der Waals surface area contributed by atoms with Crippen molar-refractivity contribution in [3.63, 3.8) is 0 Å². The number of ether oxygens (including phenoxy) is 3. The maximum atomic E-state index is 12.9. The second-order valence-electron chi connectivity index (χ2n) is 19.5. The molecule has 1 atom stereocenters. The fourth-order valence-corrected chi connectivity index (χ4v) is 7.84. The largest absolute Gasteiger partial charge is 0.462 e. The summed E-state index contributed by atoms with van der Waals surface area (Å²) in [6.07, 6.45) is 91.7. The van der Waals surface area contributed by atoms with E-state index in [1.54, 1.807) is 0 Å². The van der Waals surface area contributed by atoms with Gasteiger partial charge >= 0.3 is 11.9 Å². The molecule has 0 aliphatic heterocycles. The van der Waals surface area contributed by atoms with Crippen LogP contribution in [0.5, 0.6) is 0 Å². The fraction of sp³-hybridized carbons (Fsp3) is 0.623. The Morgan fingerprint density at radius 2 is 0.635 bits per heavy atom. The Hall–Kier alpha value is -4.22. The summed E-state index contributed by atoms with van der Waals surface area (Å²) in [6.45, 7) is 7.54. The Labute approximate surface area is 457 Å². The third-order valence-corrected chi connectivity index (χ3v) is 12.3. The molecule has 0 saturated carbocycles. The van der Waals surface area contributed by atoms with E-state index in [9.17, 15) is 9.59 Å². The van der Waals surface area contributed by atoms with E-state index in [1.165, 1.54) is 109 Å². The highest BCUT2D eigenvalue weighted by atomic mass is 16.6. The summed E-state index contributed by atoms with van der Waals surface area (Å²) < 4.78 is 17.4. The zero-order valence-electron chi connectivity index (χ0n) is 48.1. The third kappa shape index (κ3) is 60.3. The van der Waals surface area contributed by atoms with Gasteiger partial charge in [-0.1, -0.05) is 250 Å². The number of carbonyl (C=O) groups is 2. The highest BCUT2D eigenvalue weighted by Crippen LogP contribution is 2.13. The van der Waals surface area contributed by atoms with Crippen molar-refractivity contribution in [1.82, 2.24) is 0 Å². The number of hydrogen-bond donors (Lipinski definition) is 0. The van der Waals surface area contributed by atoms with E-state index in [-0.39, 0.29) is 25.2 Å². The summed E-state index contributed by atoms with van der Waals surface area (Å²) in [5.74, 6) is -0.520. The van der Waals surface area contributed by atoms with Crippen molar-refractivity contribution in [3.05, 3.63) is 146 Å². The predicted molar refractivity (Wildman–Crippen MR) is 325 cm³/mol. The lowest BCUT2D eigenvalue weighted by molar-refractivity contribution is -0.162. The molecular formula is C69H112O5. The molecule has 0 fully saturated rings. The first-order valence-corrected chi connectivity index (χ1v) is 30.4. The second kappa shape index (κ2) is 63.1. The van der Waals surface area contributed by atoms with Crippen LogP contribution in [0.3, 0.4) is 0 Å². The summed E-state index contributed by atoms with van der Waals surface area (Å²) in [6, 6.07) is 0. The zero-order valence-corrected chi connectivity index (χ0v) is 48.1. The van der Waals surface area contributed by atoms with Crippen LogP contribution in [-0.2, 0) is 23.8 Å². The molecule has 0 aliphatic rings. The molecule has 0 rings (SSSR count). The van der Waals surface area contributed by atoms with Gasteiger partial charge in [-0.05, 0) is 135 Å². The zero-order chi connectivity index (χ0) is 53.4. The van der Waals surface area contributed by atoms with E-state index in [1.807, 2.05) is 6.08 Å². The molecule has 0 N–H and O–H groups in total. The molecule has 0 radical (unpaired) electrons. The van der Waals surface area contributed by atoms with Crippen molar-refractivity contribution in [1.29, 1.82) is 0 Å². The van der Waals surface area contributed by atoms with Crippen LogP contribution in [0.15, 0.2) is 146 Å². The van der Waals surface area contributed by atoms with Gasteiger partial charge in [0.2, 0.25) is 0 Å². The average Bonchev–Trinajstić information content (AvgIpc) is 3.40. The van der Waals surface area contributed by atoms with Crippen molar-refractivity contribution in [2.45, 2.75) is 258 Å². The van der Waals surface area contributed by atoms with Crippen molar-refractivity contribution in [2.24, 2.45) is 0 Å². The summed E-state index contributed by atoms with van der Waals surface area (Å²) >= 11 is 0. The molecule has 0 aromatic rings. The first kappa shape index (κ1) is 69.8. The van der Waals surface area contributed by atoms with Gasteiger partial charge in [0.25, 0.3) is 0 Å². The van der Waals surface area contributed by atoms with Gasteiger partial charge in [-0.2, -0.15) is 0 Å². The van der Waals surface area contributed by atoms with E-state index in [0.29, 0.717) is 25.9 Å². The maximum Gasteiger partial charge on any atom is 0.306 e. The predicted octanol–water partition coefficient (Wildman–Crippen LogP) is 21.2. The Balaban J connectivity index is 4.47. The average molecular weight is 1020 g/mol. The van der Waals surface area contributed by atoms with Crippen LogP contribution in [0.1, 0.15) is 252 Å². The molecule has 0 heterocycles. The molecule has 0 aliphatic carbocycles. The first-order chi connectivity index (χ1) is 36.6. The number of allylic oxidation sites excluding steroid dienone is 24. The molecule has 5 heteroatoms. The maximum absolute atomic E-state index is 12.9. The summed E-state index contributed by atoms with van der Waals surface area (Å²) in [5, 5.41) is 0. The van der Waals surface area contributed by atoms with E-state index < -0.39 is 6.10 Å². The molecule has 1 unspecified atom stereocenters. The van der Waals surface area contributed by atoms with E-state index in [2.05, 4.69) is 161 Å². The smallest absolute Gasteiger partial charge is 0.306 e. The topological polar surface area (TPSA) is 61.8 Å². The van der Waals surface area contributed by atoms with Crippen LogP contribution in [0.4, 0.5) is 0 Å². The number of rotatable bonds is 54. The Bertz CT molecular complexity index is 1580. The fourth-order valence-electron chi connectivity index (χ4n) is 7.84. The van der Waals surface area contributed by atoms with Gasteiger partial charge in [0.15, 0.2) is 6.10 Å². The van der Waals surface area contributed by atoms with Gasteiger partial charge in [0, 0.05) is 19.4 Å². The molecule has 0 spiro atoms. The summed E-state index contributed by atoms with van der Waals surface area (Å²) in [4.78, 5) is 25.6. The minimum atomic E-state index is -0.592. The summed E-state index contributed by atoms with van der Waals surface area (Å²) in [7, 11) is 0. The quantitative estimate of drug-likeness (QED) is 0.0345. The van der Waals surface area contributed by atoms with E-state index in [0.717, 1.165) is 103 Å². The van der Waals surface area contributed by atoms with Crippen LogP contribution in [0, 0.1) is 0 Å². The molecular weight excluding hydrogens is 909 g/mol. The van der Waals surface area contributed by atoms with Crippen LogP contribution < -0.4 is 0 Å². The second-order valence-corrected chi connectivity index (χ2v) is 19.5. The summed E-state index contributed by atoms with van der Waals surface area (Å²) in [5.41, 5.74) is 0. The lowest BCUT2D eigenvalue weighted by Crippen LogP contribution is -2.30. The Morgan fingerprint density at radius 1 is 0.311 bits per heavy atom. The van der Waals surface area contributed by atoms with Gasteiger partial charge in [-0.3, -0.25) is 9.59 Å². The van der Waals surface area contributed by atoms with Crippen molar-refractivity contribution in [2.75, 3.05) is 19.8 Å². The number of unbranched alkanes of at least 4 members (excludes halogenated alkanes) is 19. The molecule has 74 heavy (non-hydrogen) atoms. The van der Waals surface area contributed by atoms with Crippen molar-refractivity contribution in [3.8, 4) is 0 Å². The van der Waals surface area contributed by atoms with Crippen molar-refractivity contribution < 1.29 is 23.8 Å². The Kier molecular flexibility index (Phi) is 59.5. The molecule has 418 valence electrons. The minimum absolute atomic E-state index is 0.0261. The van der Waals surface area contributed by atoms with Gasteiger partial charge in [0.1, 0.15) is 6.61 Å². The molecule has 0 aromatic carbocycles. The number of carbonyl (C=O) groups excluding carboxylic acids is 2. The van der Waals surface area contributed by atoms with Crippen LogP contribution in [0.25, 0.3) is 0 Å². The molecule has 0 saturated heterocycles. The minimum Gasteiger partial charge on any atom is -0.462 e. The lowest BCUT2D eigenvalue weighted by atomic mass is 10.1. The van der Waals surface area contributed by atoms with E-state index in [4.69, 9.17) is 14.2 Å². The first-order valence-electron chi connectivity index (χ1n) is 30.4. The van der Waals surface area contributed by atoms with Crippen LogP contribution >= 0.6 is 0 Å². The van der Waals surface area contributed by atoms with Crippen LogP contribution in [-0.4, -0.2) is 37.9 Å².